The van der Waals surface area contributed by atoms with E-state index < -0.39 is 20.0 Å². The first-order chi connectivity index (χ1) is 32.9. The third-order valence-electron chi connectivity index (χ3n) is 12.5. The van der Waals surface area contributed by atoms with Gasteiger partial charge in [0.2, 0.25) is 5.91 Å². The van der Waals surface area contributed by atoms with Crippen LogP contribution in [0.1, 0.15) is 258 Å². The number of hydrogen-bond donors (Lipinski definition) is 2. The summed E-state index contributed by atoms with van der Waals surface area (Å²) >= 11 is 0. The first-order valence-electron chi connectivity index (χ1n) is 28.5. The Morgan fingerprint density at radius 1 is 0.515 bits per heavy atom. The smallest absolute Gasteiger partial charge is 0.456 e. The van der Waals surface area contributed by atoms with Crippen LogP contribution in [0.2, 0.25) is 0 Å². The summed E-state index contributed by atoms with van der Waals surface area (Å²) in [6.07, 6.45) is 58.1. The number of nitrogens with zero attached hydrogens (tertiary/aromatic N) is 1. The van der Waals surface area contributed by atoms with E-state index in [1.165, 1.54) is 141 Å². The van der Waals surface area contributed by atoms with Crippen LogP contribution in [-0.2, 0) is 27.9 Å². The predicted octanol–water partition coefficient (Wildman–Crippen LogP) is 16.9. The third-order valence-corrected chi connectivity index (χ3v) is 13.5. The molecule has 398 valence electrons. The second-order valence-corrected chi connectivity index (χ2v) is 21.9. The number of esters is 1. The molecule has 0 aliphatic carbocycles. The molecule has 0 aliphatic rings. The van der Waals surface area contributed by atoms with Crippen molar-refractivity contribution < 1.29 is 37.3 Å². The van der Waals surface area contributed by atoms with E-state index in [0.717, 1.165) is 77.0 Å². The van der Waals surface area contributed by atoms with E-state index >= 15 is 0 Å². The number of rotatable bonds is 51. The number of ether oxygens (including phenoxy) is 1. The number of carbonyl (C=O) groups is 2. The number of nitrogens with one attached hydrogen (secondary N) is 1. The van der Waals surface area contributed by atoms with Crippen molar-refractivity contribution in [2.75, 3.05) is 40.9 Å². The fourth-order valence-corrected chi connectivity index (χ4v) is 8.80. The van der Waals surface area contributed by atoms with Crippen LogP contribution in [0.25, 0.3) is 0 Å². The Kier molecular flexibility index (Phi) is 47.1. The maximum absolute atomic E-state index is 13.5. The summed E-state index contributed by atoms with van der Waals surface area (Å²) in [6, 6.07) is -0.853. The Bertz CT molecular complexity index is 1310. The summed E-state index contributed by atoms with van der Waals surface area (Å²) in [5.41, 5.74) is 0. The maximum atomic E-state index is 13.5. The van der Waals surface area contributed by atoms with Crippen molar-refractivity contribution in [1.82, 2.24) is 5.32 Å². The molecule has 10 heteroatoms. The van der Waals surface area contributed by atoms with Gasteiger partial charge in [-0.05, 0) is 70.3 Å². The van der Waals surface area contributed by atoms with Crippen LogP contribution in [0, 0.1) is 0 Å². The zero-order valence-corrected chi connectivity index (χ0v) is 46.2. The minimum absolute atomic E-state index is 0.0372. The van der Waals surface area contributed by atoms with E-state index in [1.807, 2.05) is 33.3 Å². The molecule has 2 N–H and O–H groups in total. The van der Waals surface area contributed by atoms with Gasteiger partial charge >= 0.3 is 13.8 Å². The molecule has 0 rings (SSSR count). The van der Waals surface area contributed by atoms with Gasteiger partial charge in [0.1, 0.15) is 19.3 Å². The summed E-state index contributed by atoms with van der Waals surface area (Å²) < 4.78 is 30.6. The number of carbonyl (C=O) groups excluding carboxylic acids is 2. The molecular formula is C58H110N2O7P+. The van der Waals surface area contributed by atoms with Crippen molar-refractivity contribution >= 4 is 19.7 Å². The second-order valence-electron chi connectivity index (χ2n) is 20.5. The molecule has 0 heterocycles. The molecule has 0 radical (unpaired) electrons. The molecule has 0 fully saturated rings. The van der Waals surface area contributed by atoms with Gasteiger partial charge in [0.05, 0.1) is 33.8 Å². The highest BCUT2D eigenvalue weighted by atomic mass is 31.2. The molecule has 0 aromatic rings. The topological polar surface area (TPSA) is 111 Å². The normalized spacial score (nSPS) is 14.2. The van der Waals surface area contributed by atoms with Crippen LogP contribution in [0.4, 0.5) is 0 Å². The van der Waals surface area contributed by atoms with Gasteiger partial charge in [-0.25, -0.2) is 4.57 Å². The number of quaternary nitrogens is 1. The molecular weight excluding hydrogens is 868 g/mol. The summed E-state index contributed by atoms with van der Waals surface area (Å²) in [5, 5.41) is 3.04. The van der Waals surface area contributed by atoms with Crippen molar-refractivity contribution in [3.05, 3.63) is 48.6 Å². The van der Waals surface area contributed by atoms with Crippen LogP contribution in [0.15, 0.2) is 48.6 Å². The van der Waals surface area contributed by atoms with Crippen molar-refractivity contribution in [3.63, 3.8) is 0 Å². The molecule has 0 aliphatic heterocycles. The lowest BCUT2D eigenvalue weighted by Gasteiger charge is -2.27. The number of likely N-dealkylation sites (N-methyl/N-ethyl adjacent to an activating group) is 1. The summed E-state index contributed by atoms with van der Waals surface area (Å²) in [5.74, 6) is -0.525. The van der Waals surface area contributed by atoms with Crippen LogP contribution < -0.4 is 5.32 Å². The van der Waals surface area contributed by atoms with Gasteiger partial charge in [-0.15, -0.1) is 0 Å². The minimum Gasteiger partial charge on any atom is -0.456 e. The Balaban J connectivity index is 5.36. The van der Waals surface area contributed by atoms with Crippen molar-refractivity contribution in [2.45, 2.75) is 270 Å². The standard InChI is InChI=1S/C58H109N2O7P/c1-7-10-13-16-19-22-25-27-29-30-31-33-36-39-42-45-48-51-58(62)67-56(49-46-43-40-37-34-24-21-18-15-12-9-3)55(54-66-68(63,64)65-53-52-60(4,5)6)59-57(61)50-47-44-41-38-35-32-28-26-23-20-17-14-11-8-2/h19,22,27,29,31,33,46,49,55-56H,7-18,20-21,23-26,28,30,32,34-45,47-48,50-54H2,1-6H3,(H-,59,61,63,64)/p+1/b22-19-,29-27-,33-31-,49-46+. The molecule has 3 atom stereocenters. The zero-order chi connectivity index (χ0) is 50.1. The zero-order valence-electron chi connectivity index (χ0n) is 45.3. The van der Waals surface area contributed by atoms with Crippen molar-refractivity contribution in [2.24, 2.45) is 0 Å². The van der Waals surface area contributed by atoms with E-state index in [1.54, 1.807) is 0 Å². The Morgan fingerprint density at radius 3 is 1.37 bits per heavy atom. The van der Waals surface area contributed by atoms with Crippen LogP contribution >= 0.6 is 7.82 Å². The summed E-state index contributed by atoms with van der Waals surface area (Å²) in [7, 11) is 1.49. The van der Waals surface area contributed by atoms with Gasteiger partial charge in [0.25, 0.3) is 0 Å². The fraction of sp³-hybridized carbons (Fsp3) is 0.828. The second kappa shape index (κ2) is 48.6. The van der Waals surface area contributed by atoms with Crippen LogP contribution in [-0.4, -0.2) is 74.3 Å². The van der Waals surface area contributed by atoms with Gasteiger partial charge in [-0.1, -0.05) is 224 Å². The number of allylic oxidation sites excluding steroid dienone is 7. The molecule has 0 spiro atoms. The van der Waals surface area contributed by atoms with E-state index in [2.05, 4.69) is 62.5 Å². The monoisotopic (exact) mass is 978 g/mol. The Labute approximate surface area is 420 Å². The molecule has 0 saturated heterocycles. The molecule has 68 heavy (non-hydrogen) atoms. The van der Waals surface area contributed by atoms with Crippen LogP contribution in [0.3, 0.4) is 0 Å². The quantitative estimate of drug-likeness (QED) is 0.0205. The van der Waals surface area contributed by atoms with E-state index in [0.29, 0.717) is 23.9 Å². The first kappa shape index (κ1) is 66.0. The third kappa shape index (κ3) is 49.0. The van der Waals surface area contributed by atoms with Gasteiger partial charge < -0.3 is 19.4 Å². The molecule has 3 unspecified atom stereocenters. The lowest BCUT2D eigenvalue weighted by molar-refractivity contribution is -0.870. The highest BCUT2D eigenvalue weighted by molar-refractivity contribution is 7.47. The molecule has 1 amide bonds. The average molecular weight is 978 g/mol. The van der Waals surface area contributed by atoms with Gasteiger partial charge in [-0.2, -0.15) is 0 Å². The van der Waals surface area contributed by atoms with Crippen molar-refractivity contribution in [3.8, 4) is 0 Å². The number of unbranched alkanes of at least 4 members (excludes halogenated alkanes) is 29. The van der Waals surface area contributed by atoms with Gasteiger partial charge in [0.15, 0.2) is 0 Å². The highest BCUT2D eigenvalue weighted by Crippen LogP contribution is 2.43. The van der Waals surface area contributed by atoms with Gasteiger partial charge in [0, 0.05) is 12.8 Å². The Morgan fingerprint density at radius 2 is 0.897 bits per heavy atom. The molecule has 0 bridgehead atoms. The first-order valence-corrected chi connectivity index (χ1v) is 30.0. The highest BCUT2D eigenvalue weighted by Gasteiger charge is 2.30. The summed E-state index contributed by atoms with van der Waals surface area (Å²) in [6.45, 7) is 6.97. The fourth-order valence-electron chi connectivity index (χ4n) is 8.06. The summed E-state index contributed by atoms with van der Waals surface area (Å²) in [4.78, 5) is 37.5. The van der Waals surface area contributed by atoms with E-state index in [9.17, 15) is 19.0 Å². The largest absolute Gasteiger partial charge is 0.472 e. The van der Waals surface area contributed by atoms with Gasteiger partial charge in [-0.3, -0.25) is 18.6 Å². The molecule has 9 nitrogen and oxygen atoms in total. The lowest BCUT2D eigenvalue weighted by atomic mass is 10.0. The predicted molar refractivity (Wildman–Crippen MR) is 291 cm³/mol. The van der Waals surface area contributed by atoms with Crippen molar-refractivity contribution in [1.29, 1.82) is 0 Å². The van der Waals surface area contributed by atoms with E-state index in [-0.39, 0.29) is 31.5 Å². The molecule has 0 aromatic carbocycles. The number of phosphoric acid groups is 1. The Hall–Kier alpha value is -2.03. The van der Waals surface area contributed by atoms with Crippen LogP contribution in [0.5, 0.6) is 0 Å². The lowest BCUT2D eigenvalue weighted by Crippen LogP contribution is -2.47. The minimum atomic E-state index is -4.44. The maximum Gasteiger partial charge on any atom is 0.472 e. The van der Waals surface area contributed by atoms with E-state index in [4.69, 9.17) is 13.8 Å². The average Bonchev–Trinajstić information content (AvgIpc) is 3.29. The number of hydrogen-bond acceptors (Lipinski definition) is 6. The SMILES string of the molecule is CCCCC/C=C\C/C=C\C/C=C\CCCCCCC(=O)OC(/C=C/CCCCCCCCCCC)C(COP(=O)(O)OCC[N+](C)(C)C)NC(=O)CCCCCCCCCCCCCCCC. The molecule has 0 aromatic heterocycles. The molecule has 0 saturated carbocycles. The number of phosphoric ester groups is 1. The number of amides is 1.